The van der Waals surface area contributed by atoms with Crippen LogP contribution in [-0.4, -0.2) is 0 Å². The molecule has 0 bridgehead atoms. The molecule has 0 heterocycles. The summed E-state index contributed by atoms with van der Waals surface area (Å²) >= 11 is 0. The van der Waals surface area contributed by atoms with Gasteiger partial charge < -0.3 is 0 Å². The topological polar surface area (TPSA) is 0 Å². The van der Waals surface area contributed by atoms with Crippen molar-refractivity contribution in [3.8, 4) is 23.7 Å². The molecule has 0 saturated heterocycles. The molecule has 0 N–H and O–H groups in total. The highest BCUT2D eigenvalue weighted by Gasteiger charge is 2.23. The molecule has 0 spiro atoms. The maximum absolute atomic E-state index is 14.0. The second-order valence-electron chi connectivity index (χ2n) is 5.52. The molecule has 4 heteroatoms. The van der Waals surface area contributed by atoms with E-state index in [0.717, 1.165) is 38.5 Å². The van der Waals surface area contributed by atoms with Crippen LogP contribution in [0.4, 0.5) is 17.6 Å². The van der Waals surface area contributed by atoms with Gasteiger partial charge in [0.05, 0.1) is 0 Å². The van der Waals surface area contributed by atoms with E-state index in [0.29, 0.717) is 12.8 Å². The molecule has 0 aliphatic heterocycles. The van der Waals surface area contributed by atoms with Crippen molar-refractivity contribution in [2.24, 2.45) is 0 Å². The summed E-state index contributed by atoms with van der Waals surface area (Å²) in [6.45, 7) is 4.03. The molecule has 0 aliphatic rings. The summed E-state index contributed by atoms with van der Waals surface area (Å²) in [6, 6.07) is 0. The van der Waals surface area contributed by atoms with Gasteiger partial charge in [0.1, 0.15) is 11.1 Å². The van der Waals surface area contributed by atoms with Crippen LogP contribution in [0.5, 0.6) is 0 Å². The highest BCUT2D eigenvalue weighted by Crippen LogP contribution is 2.23. The maximum Gasteiger partial charge on any atom is 0.178 e. The van der Waals surface area contributed by atoms with Gasteiger partial charge in [-0.25, -0.2) is 17.6 Å². The van der Waals surface area contributed by atoms with Gasteiger partial charge in [0.2, 0.25) is 0 Å². The zero-order valence-corrected chi connectivity index (χ0v) is 14.2. The quantitative estimate of drug-likeness (QED) is 0.254. The van der Waals surface area contributed by atoms with Crippen molar-refractivity contribution in [2.75, 3.05) is 0 Å². The molecule has 0 fully saturated rings. The Morgan fingerprint density at radius 3 is 1.21 bits per heavy atom. The summed E-state index contributed by atoms with van der Waals surface area (Å²) in [7, 11) is 0. The lowest BCUT2D eigenvalue weighted by Gasteiger charge is -2.04. The lowest BCUT2D eigenvalue weighted by atomic mass is 10.1. The number of rotatable bonds is 6. The van der Waals surface area contributed by atoms with Crippen LogP contribution >= 0.6 is 0 Å². The zero-order valence-electron chi connectivity index (χ0n) is 14.2. The highest BCUT2D eigenvalue weighted by atomic mass is 19.2. The molecule has 130 valence electrons. The summed E-state index contributed by atoms with van der Waals surface area (Å²) < 4.78 is 55.8. The van der Waals surface area contributed by atoms with E-state index in [1.807, 2.05) is 13.8 Å². The van der Waals surface area contributed by atoms with Gasteiger partial charge in [-0.15, -0.1) is 0 Å². The van der Waals surface area contributed by atoms with Crippen LogP contribution in [0.1, 0.15) is 76.3 Å². The predicted molar refractivity (Wildman–Crippen MR) is 88.3 cm³/mol. The fraction of sp³-hybridized carbons (Fsp3) is 0.500. The van der Waals surface area contributed by atoms with E-state index in [4.69, 9.17) is 0 Å². The summed E-state index contributed by atoms with van der Waals surface area (Å²) in [4.78, 5) is 0. The first-order valence-electron chi connectivity index (χ1n) is 8.38. The molecular weight excluding hydrogens is 316 g/mol. The van der Waals surface area contributed by atoms with Gasteiger partial charge in [-0.1, -0.05) is 63.2 Å². The highest BCUT2D eigenvalue weighted by molar-refractivity contribution is 5.46. The van der Waals surface area contributed by atoms with Crippen molar-refractivity contribution in [3.05, 3.63) is 34.4 Å². The van der Waals surface area contributed by atoms with Crippen molar-refractivity contribution >= 4 is 0 Å². The molecular formula is C20H22F4. The third-order valence-corrected chi connectivity index (χ3v) is 3.50. The van der Waals surface area contributed by atoms with Crippen molar-refractivity contribution in [1.29, 1.82) is 0 Å². The van der Waals surface area contributed by atoms with Crippen LogP contribution < -0.4 is 0 Å². The van der Waals surface area contributed by atoms with E-state index in [2.05, 4.69) is 23.7 Å². The van der Waals surface area contributed by atoms with E-state index in [1.54, 1.807) is 0 Å². The predicted octanol–water partition coefficient (Wildman–Crippen LogP) is 6.11. The Hall–Kier alpha value is -1.94. The van der Waals surface area contributed by atoms with Gasteiger partial charge in [0.25, 0.3) is 0 Å². The summed E-state index contributed by atoms with van der Waals surface area (Å²) in [5.41, 5.74) is -1.73. The Morgan fingerprint density at radius 2 is 0.917 bits per heavy atom. The number of halogens is 4. The first-order valence-corrected chi connectivity index (χ1v) is 8.38. The third-order valence-electron chi connectivity index (χ3n) is 3.50. The zero-order chi connectivity index (χ0) is 17.9. The average molecular weight is 338 g/mol. The fourth-order valence-electron chi connectivity index (χ4n) is 2.08. The van der Waals surface area contributed by atoms with E-state index >= 15 is 0 Å². The molecule has 24 heavy (non-hydrogen) atoms. The molecule has 1 aromatic rings. The van der Waals surface area contributed by atoms with Crippen LogP contribution in [0, 0.1) is 47.0 Å². The third kappa shape index (κ3) is 5.60. The average Bonchev–Trinajstić information content (AvgIpc) is 2.58. The van der Waals surface area contributed by atoms with Gasteiger partial charge in [-0.2, -0.15) is 0 Å². The van der Waals surface area contributed by atoms with E-state index in [-0.39, 0.29) is 0 Å². The number of unbranched alkanes of at least 4 members (excludes halogenated alkanes) is 6. The van der Waals surface area contributed by atoms with Crippen molar-refractivity contribution in [3.63, 3.8) is 0 Å². The Morgan fingerprint density at radius 1 is 0.583 bits per heavy atom. The van der Waals surface area contributed by atoms with E-state index < -0.39 is 34.4 Å². The van der Waals surface area contributed by atoms with Crippen molar-refractivity contribution in [2.45, 2.75) is 65.2 Å². The van der Waals surface area contributed by atoms with Crippen molar-refractivity contribution < 1.29 is 17.6 Å². The lowest BCUT2D eigenvalue weighted by Crippen LogP contribution is -2.04. The number of hydrogen-bond acceptors (Lipinski definition) is 0. The van der Waals surface area contributed by atoms with Gasteiger partial charge in [-0.3, -0.25) is 0 Å². The maximum atomic E-state index is 14.0. The minimum Gasteiger partial charge on any atom is -0.202 e. The van der Waals surface area contributed by atoms with Gasteiger partial charge >= 0.3 is 0 Å². The minimum atomic E-state index is -1.48. The van der Waals surface area contributed by atoms with Crippen LogP contribution in [-0.2, 0) is 0 Å². The Kier molecular flexibility index (Phi) is 9.02. The molecule has 0 nitrogen and oxygen atoms in total. The monoisotopic (exact) mass is 338 g/mol. The second kappa shape index (κ2) is 10.8. The molecule has 0 atom stereocenters. The van der Waals surface area contributed by atoms with Crippen LogP contribution in [0.3, 0.4) is 0 Å². The fourth-order valence-corrected chi connectivity index (χ4v) is 2.08. The first-order chi connectivity index (χ1) is 11.5. The van der Waals surface area contributed by atoms with Crippen LogP contribution in [0.15, 0.2) is 0 Å². The molecule has 0 unspecified atom stereocenters. The Balaban J connectivity index is 3.03. The molecule has 0 saturated carbocycles. The molecule has 1 rings (SSSR count). The molecule has 0 aromatic heterocycles. The molecule has 0 amide bonds. The van der Waals surface area contributed by atoms with Crippen LogP contribution in [0.2, 0.25) is 0 Å². The molecule has 0 aliphatic carbocycles. The first kappa shape index (κ1) is 20.1. The normalized spacial score (nSPS) is 9.92. The summed E-state index contributed by atoms with van der Waals surface area (Å²) in [5.74, 6) is 3.62. The van der Waals surface area contributed by atoms with Gasteiger partial charge in [0.15, 0.2) is 23.3 Å². The largest absolute Gasteiger partial charge is 0.202 e. The van der Waals surface area contributed by atoms with Crippen LogP contribution in [0.25, 0.3) is 0 Å². The van der Waals surface area contributed by atoms with Gasteiger partial charge in [-0.05, 0) is 12.8 Å². The SMILES string of the molecule is CCCCCC#Cc1c(F)c(F)c(C#CCCCCC)c(F)c1F. The lowest BCUT2D eigenvalue weighted by molar-refractivity contribution is 0.447. The molecule has 1 aromatic carbocycles. The Labute approximate surface area is 141 Å². The second-order valence-corrected chi connectivity index (χ2v) is 5.52. The standard InChI is InChI=1S/C20H22F4/c1-3-5-7-9-11-13-15-17(21)19(23)16(20(24)18(15)22)14-12-10-8-6-4-2/h3-10H2,1-2H3. The number of hydrogen-bond donors (Lipinski definition) is 0. The number of benzene rings is 1. The summed E-state index contributed by atoms with van der Waals surface area (Å²) in [5, 5.41) is 0. The van der Waals surface area contributed by atoms with E-state index in [1.165, 1.54) is 0 Å². The van der Waals surface area contributed by atoms with Gasteiger partial charge in [0, 0.05) is 12.8 Å². The summed E-state index contributed by atoms with van der Waals surface area (Å²) in [6.07, 6.45) is 6.25. The Bertz CT molecular complexity index is 581. The smallest absolute Gasteiger partial charge is 0.178 e. The minimum absolute atomic E-state index is 0.426. The van der Waals surface area contributed by atoms with E-state index in [9.17, 15) is 17.6 Å². The van der Waals surface area contributed by atoms with Crippen molar-refractivity contribution in [1.82, 2.24) is 0 Å². The molecule has 0 radical (unpaired) electrons.